The maximum atomic E-state index is 12.4. The van der Waals surface area contributed by atoms with E-state index in [2.05, 4.69) is 32.6 Å². The van der Waals surface area contributed by atoms with E-state index in [9.17, 15) is 4.79 Å². The Morgan fingerprint density at radius 3 is 1.85 bits per heavy atom. The molecular formula is C18H29NO. The number of nitrogens with zero attached hydrogens (tertiary/aromatic N) is 1. The van der Waals surface area contributed by atoms with Gasteiger partial charge in [-0.3, -0.25) is 4.79 Å². The monoisotopic (exact) mass is 275 g/mol. The zero-order chi connectivity index (χ0) is 15.1. The van der Waals surface area contributed by atoms with Crippen LogP contribution in [0.3, 0.4) is 0 Å². The van der Waals surface area contributed by atoms with Crippen molar-refractivity contribution in [3.8, 4) is 0 Å². The molecule has 0 amide bonds. The topological polar surface area (TPSA) is 20.3 Å². The molecule has 0 saturated heterocycles. The maximum absolute atomic E-state index is 12.4. The molecule has 0 aromatic heterocycles. The molecule has 0 N–H and O–H groups in total. The molecule has 0 aliphatic carbocycles. The van der Waals surface area contributed by atoms with Crippen LogP contribution in [0.15, 0.2) is 30.3 Å². The lowest BCUT2D eigenvalue weighted by molar-refractivity contribution is 0.0880. The van der Waals surface area contributed by atoms with E-state index in [4.69, 9.17) is 0 Å². The fourth-order valence-corrected chi connectivity index (χ4v) is 2.61. The first kappa shape index (κ1) is 16.9. The number of hydrogen-bond acceptors (Lipinski definition) is 2. The summed E-state index contributed by atoms with van der Waals surface area (Å²) in [5.41, 5.74) is 0.828. The lowest BCUT2D eigenvalue weighted by atomic mass is 9.98. The van der Waals surface area contributed by atoms with E-state index in [-0.39, 0.29) is 11.7 Å². The van der Waals surface area contributed by atoms with Crippen LogP contribution in [0.2, 0.25) is 0 Å². The largest absolute Gasteiger partial charge is 0.302 e. The zero-order valence-electron chi connectivity index (χ0n) is 13.6. The van der Waals surface area contributed by atoms with Gasteiger partial charge in [-0.25, -0.2) is 0 Å². The quantitative estimate of drug-likeness (QED) is 0.665. The highest BCUT2D eigenvalue weighted by molar-refractivity contribution is 5.97. The van der Waals surface area contributed by atoms with Crippen molar-refractivity contribution in [2.45, 2.75) is 34.6 Å². The third-order valence-corrected chi connectivity index (χ3v) is 3.28. The van der Waals surface area contributed by atoms with Crippen molar-refractivity contribution in [1.29, 1.82) is 0 Å². The molecule has 1 rings (SSSR count). The predicted octanol–water partition coefficient (Wildman–Crippen LogP) is 4.12. The Bertz CT molecular complexity index is 387. The SMILES string of the molecule is CC(C)CN(CC(C)C)CC(C)C(=O)c1ccccc1. The van der Waals surface area contributed by atoms with Gasteiger partial charge in [0.25, 0.3) is 0 Å². The molecule has 1 aromatic rings. The van der Waals surface area contributed by atoms with E-state index >= 15 is 0 Å². The molecule has 0 aliphatic rings. The second kappa shape index (κ2) is 8.21. The number of carbonyl (C=O) groups excluding carboxylic acids is 1. The molecule has 112 valence electrons. The van der Waals surface area contributed by atoms with E-state index in [0.29, 0.717) is 11.8 Å². The van der Waals surface area contributed by atoms with Gasteiger partial charge in [0.05, 0.1) is 0 Å². The Hall–Kier alpha value is -1.15. The summed E-state index contributed by atoms with van der Waals surface area (Å²) in [6.07, 6.45) is 0. The minimum atomic E-state index is 0.0508. The average Bonchev–Trinajstić information content (AvgIpc) is 2.37. The van der Waals surface area contributed by atoms with Crippen molar-refractivity contribution in [3.63, 3.8) is 0 Å². The van der Waals surface area contributed by atoms with Crippen LogP contribution in [-0.4, -0.2) is 30.3 Å². The summed E-state index contributed by atoms with van der Waals surface area (Å²) in [5.74, 6) is 1.57. The van der Waals surface area contributed by atoms with Gasteiger partial charge in [0, 0.05) is 31.1 Å². The second-order valence-corrected chi connectivity index (χ2v) is 6.64. The number of carbonyl (C=O) groups is 1. The Balaban J connectivity index is 2.65. The van der Waals surface area contributed by atoms with E-state index in [1.165, 1.54) is 0 Å². The van der Waals surface area contributed by atoms with Crippen molar-refractivity contribution in [1.82, 2.24) is 4.90 Å². The highest BCUT2D eigenvalue weighted by atomic mass is 16.1. The van der Waals surface area contributed by atoms with Crippen LogP contribution in [0.4, 0.5) is 0 Å². The highest BCUT2D eigenvalue weighted by Gasteiger charge is 2.19. The number of ketones is 1. The van der Waals surface area contributed by atoms with Crippen molar-refractivity contribution in [3.05, 3.63) is 35.9 Å². The molecule has 2 heteroatoms. The fourth-order valence-electron chi connectivity index (χ4n) is 2.61. The minimum absolute atomic E-state index is 0.0508. The van der Waals surface area contributed by atoms with E-state index in [1.54, 1.807) is 0 Å². The standard InChI is InChI=1S/C18H29NO/c1-14(2)11-19(12-15(3)4)13-16(5)18(20)17-9-7-6-8-10-17/h6-10,14-16H,11-13H2,1-5H3. The lowest BCUT2D eigenvalue weighted by Gasteiger charge is -2.28. The normalized spacial score (nSPS) is 13.2. The Morgan fingerprint density at radius 1 is 0.900 bits per heavy atom. The van der Waals surface area contributed by atoms with Gasteiger partial charge < -0.3 is 4.90 Å². The lowest BCUT2D eigenvalue weighted by Crippen LogP contribution is -2.37. The summed E-state index contributed by atoms with van der Waals surface area (Å²) >= 11 is 0. The molecule has 0 spiro atoms. The molecule has 0 saturated carbocycles. The van der Waals surface area contributed by atoms with E-state index in [1.807, 2.05) is 37.3 Å². The number of rotatable bonds is 8. The summed E-state index contributed by atoms with van der Waals surface area (Å²) in [7, 11) is 0. The van der Waals surface area contributed by atoms with Crippen molar-refractivity contribution < 1.29 is 4.79 Å². The third kappa shape index (κ3) is 5.87. The number of benzene rings is 1. The van der Waals surface area contributed by atoms with Crippen LogP contribution < -0.4 is 0 Å². The van der Waals surface area contributed by atoms with Crippen LogP contribution in [0.25, 0.3) is 0 Å². The number of hydrogen-bond donors (Lipinski definition) is 0. The minimum Gasteiger partial charge on any atom is -0.302 e. The predicted molar refractivity (Wildman–Crippen MR) is 86.1 cm³/mol. The first-order chi connectivity index (χ1) is 9.40. The highest BCUT2D eigenvalue weighted by Crippen LogP contribution is 2.13. The Kier molecular flexibility index (Phi) is 6.94. The smallest absolute Gasteiger partial charge is 0.166 e. The van der Waals surface area contributed by atoms with Crippen LogP contribution in [0.1, 0.15) is 45.0 Å². The first-order valence-corrected chi connectivity index (χ1v) is 7.71. The molecule has 0 radical (unpaired) electrons. The molecule has 1 aromatic carbocycles. The van der Waals surface area contributed by atoms with Crippen LogP contribution in [-0.2, 0) is 0 Å². The van der Waals surface area contributed by atoms with Crippen LogP contribution >= 0.6 is 0 Å². The third-order valence-electron chi connectivity index (χ3n) is 3.28. The van der Waals surface area contributed by atoms with Crippen molar-refractivity contribution in [2.24, 2.45) is 17.8 Å². The molecule has 0 bridgehead atoms. The summed E-state index contributed by atoms with van der Waals surface area (Å²) < 4.78 is 0. The Morgan fingerprint density at radius 2 is 1.40 bits per heavy atom. The fraction of sp³-hybridized carbons (Fsp3) is 0.611. The Labute approximate surface area is 124 Å². The summed E-state index contributed by atoms with van der Waals surface area (Å²) in [6, 6.07) is 9.63. The van der Waals surface area contributed by atoms with Gasteiger partial charge in [-0.05, 0) is 11.8 Å². The van der Waals surface area contributed by atoms with E-state index in [0.717, 1.165) is 25.2 Å². The van der Waals surface area contributed by atoms with Gasteiger partial charge in [0.1, 0.15) is 0 Å². The number of Topliss-reactive ketones (excluding diaryl/α,β-unsaturated/α-hetero) is 1. The second-order valence-electron chi connectivity index (χ2n) is 6.64. The molecule has 0 fully saturated rings. The van der Waals surface area contributed by atoms with Gasteiger partial charge in [-0.2, -0.15) is 0 Å². The van der Waals surface area contributed by atoms with Gasteiger partial charge in [-0.1, -0.05) is 65.0 Å². The van der Waals surface area contributed by atoms with Gasteiger partial charge in [0.2, 0.25) is 0 Å². The molecule has 0 aliphatic heterocycles. The van der Waals surface area contributed by atoms with Gasteiger partial charge in [0.15, 0.2) is 5.78 Å². The van der Waals surface area contributed by atoms with Crippen LogP contribution in [0, 0.1) is 17.8 Å². The molecular weight excluding hydrogens is 246 g/mol. The van der Waals surface area contributed by atoms with Crippen LogP contribution in [0.5, 0.6) is 0 Å². The molecule has 1 unspecified atom stereocenters. The van der Waals surface area contributed by atoms with Crippen molar-refractivity contribution in [2.75, 3.05) is 19.6 Å². The molecule has 1 atom stereocenters. The summed E-state index contributed by atoms with van der Waals surface area (Å²) in [6.45, 7) is 13.9. The van der Waals surface area contributed by atoms with Gasteiger partial charge >= 0.3 is 0 Å². The molecule has 0 heterocycles. The van der Waals surface area contributed by atoms with Gasteiger partial charge in [-0.15, -0.1) is 0 Å². The zero-order valence-corrected chi connectivity index (χ0v) is 13.6. The summed E-state index contributed by atoms with van der Waals surface area (Å²) in [4.78, 5) is 14.9. The molecule has 20 heavy (non-hydrogen) atoms. The average molecular weight is 275 g/mol. The first-order valence-electron chi connectivity index (χ1n) is 7.71. The maximum Gasteiger partial charge on any atom is 0.166 e. The van der Waals surface area contributed by atoms with Crippen molar-refractivity contribution >= 4 is 5.78 Å². The van der Waals surface area contributed by atoms with E-state index < -0.39 is 0 Å². The molecule has 2 nitrogen and oxygen atoms in total. The summed E-state index contributed by atoms with van der Waals surface area (Å²) in [5, 5.41) is 0.